The highest BCUT2D eigenvalue weighted by Crippen LogP contribution is 2.30. The van der Waals surface area contributed by atoms with Crippen LogP contribution in [0, 0.1) is 0 Å². The van der Waals surface area contributed by atoms with Gasteiger partial charge in [-0.2, -0.15) is 0 Å². The van der Waals surface area contributed by atoms with Gasteiger partial charge in [-0.25, -0.2) is 4.98 Å². The number of hydrogen-bond donors (Lipinski definition) is 1. The molecule has 108 valence electrons. The molecule has 0 aromatic carbocycles. The summed E-state index contributed by atoms with van der Waals surface area (Å²) in [5, 5.41) is 0. The molecule has 0 atom stereocenters. The Bertz CT molecular complexity index is 594. The van der Waals surface area contributed by atoms with Crippen LogP contribution in [0.15, 0.2) is 18.5 Å². The molecule has 2 aromatic rings. The fraction of sp³-hybridized carbons (Fsp3) is 0.625. The van der Waals surface area contributed by atoms with Gasteiger partial charge < -0.3 is 10.3 Å². The number of nitrogens with two attached hydrogens (primary N) is 1. The van der Waals surface area contributed by atoms with Crippen molar-refractivity contribution in [3.05, 3.63) is 24.3 Å². The Morgan fingerprint density at radius 3 is 2.75 bits per heavy atom. The second-order valence-corrected chi connectivity index (χ2v) is 6.46. The average Bonchev–Trinajstić information content (AvgIpc) is 2.76. The number of pyridine rings is 1. The SMILES string of the molecule is CC(C)n1c(CC2(N)CCCCC2)nc2cnccc21. The molecule has 0 radical (unpaired) electrons. The van der Waals surface area contributed by atoms with E-state index in [1.54, 1.807) is 0 Å². The van der Waals surface area contributed by atoms with Crippen molar-refractivity contribution in [3.8, 4) is 0 Å². The maximum Gasteiger partial charge on any atom is 0.112 e. The van der Waals surface area contributed by atoms with Crippen molar-refractivity contribution < 1.29 is 0 Å². The quantitative estimate of drug-likeness (QED) is 0.933. The Labute approximate surface area is 120 Å². The molecule has 0 spiro atoms. The first-order valence-electron chi connectivity index (χ1n) is 7.69. The molecule has 20 heavy (non-hydrogen) atoms. The Balaban J connectivity index is 2.00. The fourth-order valence-electron chi connectivity index (χ4n) is 3.45. The van der Waals surface area contributed by atoms with E-state index in [1.165, 1.54) is 24.8 Å². The number of imidazole rings is 1. The highest BCUT2D eigenvalue weighted by atomic mass is 15.1. The third kappa shape index (κ3) is 2.44. The summed E-state index contributed by atoms with van der Waals surface area (Å²) < 4.78 is 2.32. The average molecular weight is 272 g/mol. The van der Waals surface area contributed by atoms with Crippen LogP contribution < -0.4 is 5.73 Å². The highest BCUT2D eigenvalue weighted by molar-refractivity contribution is 5.74. The van der Waals surface area contributed by atoms with Crippen molar-refractivity contribution in [2.24, 2.45) is 5.73 Å². The van der Waals surface area contributed by atoms with Crippen LogP contribution in [0.1, 0.15) is 57.8 Å². The molecule has 2 heterocycles. The maximum absolute atomic E-state index is 6.61. The van der Waals surface area contributed by atoms with Gasteiger partial charge in [-0.3, -0.25) is 4.98 Å². The fourth-order valence-corrected chi connectivity index (χ4v) is 3.45. The molecule has 0 bridgehead atoms. The first-order valence-corrected chi connectivity index (χ1v) is 7.69. The lowest BCUT2D eigenvalue weighted by atomic mass is 9.80. The van der Waals surface area contributed by atoms with Crippen molar-refractivity contribution in [2.45, 2.75) is 64.0 Å². The Morgan fingerprint density at radius 2 is 2.05 bits per heavy atom. The molecule has 1 saturated carbocycles. The van der Waals surface area contributed by atoms with Crippen LogP contribution in [0.3, 0.4) is 0 Å². The second kappa shape index (κ2) is 5.17. The van der Waals surface area contributed by atoms with Crippen LogP contribution in [-0.2, 0) is 6.42 Å². The van der Waals surface area contributed by atoms with Gasteiger partial charge in [0.25, 0.3) is 0 Å². The number of aromatic nitrogens is 3. The Kier molecular flexibility index (Phi) is 3.50. The molecule has 1 aliphatic carbocycles. The molecule has 4 nitrogen and oxygen atoms in total. The molecule has 1 aliphatic rings. The van der Waals surface area contributed by atoms with E-state index in [0.717, 1.165) is 30.6 Å². The number of fused-ring (bicyclic) bond motifs is 1. The second-order valence-electron chi connectivity index (χ2n) is 6.46. The van der Waals surface area contributed by atoms with Gasteiger partial charge in [-0.05, 0) is 32.8 Å². The smallest absolute Gasteiger partial charge is 0.112 e. The summed E-state index contributed by atoms with van der Waals surface area (Å²) in [6.07, 6.45) is 10.6. The molecule has 4 heteroatoms. The minimum Gasteiger partial charge on any atom is -0.325 e. The zero-order chi connectivity index (χ0) is 14.2. The van der Waals surface area contributed by atoms with Crippen LogP contribution in [0.4, 0.5) is 0 Å². The van der Waals surface area contributed by atoms with Gasteiger partial charge in [0.2, 0.25) is 0 Å². The van der Waals surface area contributed by atoms with Crippen LogP contribution in [0.2, 0.25) is 0 Å². The summed E-state index contributed by atoms with van der Waals surface area (Å²) >= 11 is 0. The molecule has 3 rings (SSSR count). The topological polar surface area (TPSA) is 56.7 Å². The van der Waals surface area contributed by atoms with E-state index in [9.17, 15) is 0 Å². The van der Waals surface area contributed by atoms with Crippen molar-refractivity contribution >= 4 is 11.0 Å². The monoisotopic (exact) mass is 272 g/mol. The summed E-state index contributed by atoms with van der Waals surface area (Å²) in [5.41, 5.74) is 8.70. The minimum absolute atomic E-state index is 0.0697. The minimum atomic E-state index is -0.0697. The molecule has 1 fully saturated rings. The lowest BCUT2D eigenvalue weighted by Crippen LogP contribution is -2.44. The summed E-state index contributed by atoms with van der Waals surface area (Å²) in [6, 6.07) is 2.44. The van der Waals surface area contributed by atoms with Gasteiger partial charge in [0, 0.05) is 24.2 Å². The Hall–Kier alpha value is -1.42. The van der Waals surface area contributed by atoms with Gasteiger partial charge >= 0.3 is 0 Å². The van der Waals surface area contributed by atoms with E-state index in [1.807, 2.05) is 12.4 Å². The molecular formula is C16H24N4. The van der Waals surface area contributed by atoms with Gasteiger partial charge in [0.05, 0.1) is 11.7 Å². The predicted octanol–water partition coefficient (Wildman–Crippen LogP) is 3.22. The van der Waals surface area contributed by atoms with Gasteiger partial charge in [0.15, 0.2) is 0 Å². The van der Waals surface area contributed by atoms with Gasteiger partial charge in [-0.1, -0.05) is 19.3 Å². The van der Waals surface area contributed by atoms with E-state index in [4.69, 9.17) is 10.7 Å². The summed E-state index contributed by atoms with van der Waals surface area (Å²) in [5.74, 6) is 1.12. The standard InChI is InChI=1S/C16H24N4/c1-12(2)20-14-6-9-18-11-13(14)19-15(20)10-16(17)7-4-3-5-8-16/h6,9,11-12H,3-5,7-8,10,17H2,1-2H3. The normalized spacial score (nSPS) is 18.8. The van der Waals surface area contributed by atoms with Gasteiger partial charge in [-0.15, -0.1) is 0 Å². The molecule has 2 N–H and O–H groups in total. The third-order valence-electron chi connectivity index (χ3n) is 4.44. The van der Waals surface area contributed by atoms with E-state index in [2.05, 4.69) is 29.5 Å². The largest absolute Gasteiger partial charge is 0.325 e. The van der Waals surface area contributed by atoms with Crippen molar-refractivity contribution in [2.75, 3.05) is 0 Å². The van der Waals surface area contributed by atoms with Crippen LogP contribution >= 0.6 is 0 Å². The van der Waals surface area contributed by atoms with E-state index < -0.39 is 0 Å². The molecule has 0 amide bonds. The first kappa shape index (κ1) is 13.6. The van der Waals surface area contributed by atoms with Crippen LogP contribution in [0.5, 0.6) is 0 Å². The first-order chi connectivity index (χ1) is 9.59. The summed E-state index contributed by atoms with van der Waals surface area (Å²) in [7, 11) is 0. The maximum atomic E-state index is 6.61. The van der Waals surface area contributed by atoms with E-state index >= 15 is 0 Å². The highest BCUT2D eigenvalue weighted by Gasteiger charge is 2.30. The van der Waals surface area contributed by atoms with Crippen molar-refractivity contribution in [3.63, 3.8) is 0 Å². The molecular weight excluding hydrogens is 248 g/mol. The van der Waals surface area contributed by atoms with Crippen molar-refractivity contribution in [1.29, 1.82) is 0 Å². The van der Waals surface area contributed by atoms with E-state index in [-0.39, 0.29) is 5.54 Å². The number of hydrogen-bond acceptors (Lipinski definition) is 3. The van der Waals surface area contributed by atoms with Crippen LogP contribution in [-0.4, -0.2) is 20.1 Å². The lowest BCUT2D eigenvalue weighted by molar-refractivity contribution is 0.286. The van der Waals surface area contributed by atoms with Crippen LogP contribution in [0.25, 0.3) is 11.0 Å². The third-order valence-corrected chi connectivity index (χ3v) is 4.44. The molecule has 0 aliphatic heterocycles. The lowest BCUT2D eigenvalue weighted by Gasteiger charge is -2.33. The zero-order valence-electron chi connectivity index (χ0n) is 12.5. The summed E-state index contributed by atoms with van der Waals surface area (Å²) in [6.45, 7) is 4.41. The van der Waals surface area contributed by atoms with E-state index in [0.29, 0.717) is 6.04 Å². The molecule has 0 unspecified atom stereocenters. The predicted molar refractivity (Wildman–Crippen MR) is 81.6 cm³/mol. The zero-order valence-corrected chi connectivity index (χ0v) is 12.5. The molecule has 0 saturated heterocycles. The number of nitrogens with zero attached hydrogens (tertiary/aromatic N) is 3. The number of rotatable bonds is 3. The Morgan fingerprint density at radius 1 is 1.30 bits per heavy atom. The summed E-state index contributed by atoms with van der Waals surface area (Å²) in [4.78, 5) is 8.98. The van der Waals surface area contributed by atoms with Gasteiger partial charge in [0.1, 0.15) is 11.3 Å². The van der Waals surface area contributed by atoms with Crippen molar-refractivity contribution in [1.82, 2.24) is 14.5 Å². The molecule has 2 aromatic heterocycles.